The van der Waals surface area contributed by atoms with Crippen LogP contribution in [0.5, 0.6) is 0 Å². The Kier molecular flexibility index (Phi) is 6.09. The van der Waals surface area contributed by atoms with E-state index in [4.69, 9.17) is 4.74 Å². The van der Waals surface area contributed by atoms with Gasteiger partial charge in [0.25, 0.3) is 0 Å². The molecule has 0 aliphatic rings. The molecule has 2 heterocycles. The Hall–Kier alpha value is -2.65. The second kappa shape index (κ2) is 8.38. The van der Waals surface area contributed by atoms with Crippen molar-refractivity contribution in [1.82, 2.24) is 9.55 Å². The standard InChI is InChI=1S/C20H19F3N2O3S/c1-3-28-19(27)9-17-24-16(20(21,22)23)10-25(17)18-7-6-15(29-18)13-4-5-14(11-26)12(2)8-13/h4-8,10,26H,3,9,11H2,1-2H3. The van der Waals surface area contributed by atoms with Crippen molar-refractivity contribution in [2.75, 3.05) is 6.61 Å². The van der Waals surface area contributed by atoms with E-state index in [2.05, 4.69) is 4.98 Å². The van der Waals surface area contributed by atoms with E-state index in [0.717, 1.165) is 27.8 Å². The van der Waals surface area contributed by atoms with Crippen molar-refractivity contribution in [2.24, 2.45) is 0 Å². The number of benzene rings is 1. The Morgan fingerprint density at radius 2 is 2.03 bits per heavy atom. The van der Waals surface area contributed by atoms with Gasteiger partial charge in [-0.3, -0.25) is 9.36 Å². The molecule has 1 aromatic carbocycles. The van der Waals surface area contributed by atoms with Gasteiger partial charge in [-0.15, -0.1) is 11.3 Å². The van der Waals surface area contributed by atoms with E-state index in [9.17, 15) is 23.1 Å². The number of hydrogen-bond donors (Lipinski definition) is 1. The van der Waals surface area contributed by atoms with Crippen molar-refractivity contribution in [3.05, 3.63) is 59.2 Å². The Morgan fingerprint density at radius 3 is 2.66 bits per heavy atom. The molecule has 0 unspecified atom stereocenters. The second-order valence-electron chi connectivity index (χ2n) is 6.33. The number of alkyl halides is 3. The van der Waals surface area contributed by atoms with Crippen LogP contribution in [-0.4, -0.2) is 27.2 Å². The number of thiophene rings is 1. The van der Waals surface area contributed by atoms with Crippen LogP contribution < -0.4 is 0 Å². The van der Waals surface area contributed by atoms with Crippen LogP contribution in [0.2, 0.25) is 0 Å². The summed E-state index contributed by atoms with van der Waals surface area (Å²) in [6.07, 6.45) is -4.09. The Labute approximate surface area is 169 Å². The molecule has 0 saturated heterocycles. The lowest BCUT2D eigenvalue weighted by molar-refractivity contribution is -0.143. The molecule has 0 fully saturated rings. The molecule has 0 spiro atoms. The number of rotatable bonds is 6. The van der Waals surface area contributed by atoms with Gasteiger partial charge in [0.2, 0.25) is 0 Å². The molecule has 3 aromatic rings. The number of esters is 1. The third-order valence-electron chi connectivity index (χ3n) is 4.30. The first-order valence-electron chi connectivity index (χ1n) is 8.85. The van der Waals surface area contributed by atoms with Gasteiger partial charge in [-0.05, 0) is 42.7 Å². The summed E-state index contributed by atoms with van der Waals surface area (Å²) in [5.74, 6) is -0.670. The highest BCUT2D eigenvalue weighted by Gasteiger charge is 2.35. The van der Waals surface area contributed by atoms with Crippen LogP contribution in [0, 0.1) is 6.92 Å². The van der Waals surface area contributed by atoms with Crippen molar-refractivity contribution >= 4 is 17.3 Å². The SMILES string of the molecule is CCOC(=O)Cc1nc(C(F)(F)F)cn1-c1ccc(-c2ccc(CO)c(C)c2)s1. The average Bonchev–Trinajstić information content (AvgIpc) is 3.28. The number of nitrogens with zero attached hydrogens (tertiary/aromatic N) is 2. The van der Waals surface area contributed by atoms with Gasteiger partial charge >= 0.3 is 12.1 Å². The number of aryl methyl sites for hydroxylation is 1. The lowest BCUT2D eigenvalue weighted by Crippen LogP contribution is -2.11. The van der Waals surface area contributed by atoms with Crippen molar-refractivity contribution in [2.45, 2.75) is 33.1 Å². The third kappa shape index (κ3) is 4.68. The number of imidazole rings is 1. The zero-order valence-corrected chi connectivity index (χ0v) is 16.6. The van der Waals surface area contributed by atoms with E-state index in [-0.39, 0.29) is 25.5 Å². The van der Waals surface area contributed by atoms with Crippen molar-refractivity contribution in [1.29, 1.82) is 0 Å². The zero-order valence-electron chi connectivity index (χ0n) is 15.8. The molecule has 0 aliphatic heterocycles. The second-order valence-corrected chi connectivity index (χ2v) is 7.39. The summed E-state index contributed by atoms with van der Waals surface area (Å²) >= 11 is 1.28. The molecule has 5 nitrogen and oxygen atoms in total. The highest BCUT2D eigenvalue weighted by atomic mass is 32.1. The molecule has 29 heavy (non-hydrogen) atoms. The van der Waals surface area contributed by atoms with Gasteiger partial charge in [0, 0.05) is 11.1 Å². The van der Waals surface area contributed by atoms with Crippen molar-refractivity contribution in [3.8, 4) is 15.4 Å². The molecule has 154 valence electrons. The normalized spacial score (nSPS) is 11.7. The maximum Gasteiger partial charge on any atom is 0.434 e. The summed E-state index contributed by atoms with van der Waals surface area (Å²) in [7, 11) is 0. The molecule has 3 rings (SSSR count). The van der Waals surface area contributed by atoms with E-state index in [1.54, 1.807) is 19.1 Å². The summed E-state index contributed by atoms with van der Waals surface area (Å²) in [6, 6.07) is 9.06. The largest absolute Gasteiger partial charge is 0.466 e. The predicted molar refractivity (Wildman–Crippen MR) is 103 cm³/mol. The average molecular weight is 424 g/mol. The van der Waals surface area contributed by atoms with Crippen LogP contribution in [0.4, 0.5) is 13.2 Å². The fraction of sp³-hybridized carbons (Fsp3) is 0.300. The van der Waals surface area contributed by atoms with Crippen LogP contribution in [0.1, 0.15) is 29.6 Å². The smallest absolute Gasteiger partial charge is 0.434 e. The van der Waals surface area contributed by atoms with Gasteiger partial charge < -0.3 is 9.84 Å². The fourth-order valence-electron chi connectivity index (χ4n) is 2.85. The lowest BCUT2D eigenvalue weighted by atomic mass is 10.0. The molecule has 1 N–H and O–H groups in total. The van der Waals surface area contributed by atoms with Crippen molar-refractivity contribution < 1.29 is 27.8 Å². The minimum atomic E-state index is -4.62. The van der Waals surface area contributed by atoms with E-state index in [0.29, 0.717) is 5.00 Å². The molecule has 2 aromatic heterocycles. The fourth-order valence-corrected chi connectivity index (χ4v) is 3.85. The molecular formula is C20H19F3N2O3S. The summed E-state index contributed by atoms with van der Waals surface area (Å²) in [4.78, 5) is 16.3. The van der Waals surface area contributed by atoms with E-state index in [1.807, 2.05) is 25.1 Å². The number of carbonyl (C=O) groups is 1. The summed E-state index contributed by atoms with van der Waals surface area (Å²) in [5, 5.41) is 9.81. The van der Waals surface area contributed by atoms with E-state index >= 15 is 0 Å². The molecule has 0 aliphatic carbocycles. The van der Waals surface area contributed by atoms with Crippen LogP contribution in [0.15, 0.2) is 36.5 Å². The molecule has 0 amide bonds. The summed E-state index contributed by atoms with van der Waals surface area (Å²) in [5.41, 5.74) is 1.56. The quantitative estimate of drug-likeness (QED) is 0.591. The van der Waals surface area contributed by atoms with Gasteiger partial charge in [0.1, 0.15) is 17.2 Å². The number of aliphatic hydroxyl groups excluding tert-OH is 1. The first kappa shape index (κ1) is 21.1. The number of aliphatic hydroxyl groups is 1. The summed E-state index contributed by atoms with van der Waals surface area (Å²) < 4.78 is 45.6. The Morgan fingerprint density at radius 1 is 1.28 bits per heavy atom. The number of carbonyl (C=O) groups excluding carboxylic acids is 1. The zero-order chi connectivity index (χ0) is 21.2. The Balaban J connectivity index is 1.99. The summed E-state index contributed by atoms with van der Waals surface area (Å²) in [6.45, 7) is 3.58. The van der Waals surface area contributed by atoms with Crippen LogP contribution in [0.3, 0.4) is 0 Å². The number of ether oxygens (including phenoxy) is 1. The van der Waals surface area contributed by atoms with Gasteiger partial charge in [-0.1, -0.05) is 18.2 Å². The van der Waals surface area contributed by atoms with Gasteiger partial charge in [0.15, 0.2) is 5.69 Å². The third-order valence-corrected chi connectivity index (χ3v) is 5.44. The van der Waals surface area contributed by atoms with Crippen molar-refractivity contribution in [3.63, 3.8) is 0 Å². The molecule has 0 atom stereocenters. The molecule has 0 bridgehead atoms. The molecule has 0 saturated carbocycles. The number of halogens is 3. The topological polar surface area (TPSA) is 64.3 Å². The van der Waals surface area contributed by atoms with E-state index in [1.165, 1.54) is 15.9 Å². The van der Waals surface area contributed by atoms with Gasteiger partial charge in [-0.2, -0.15) is 13.2 Å². The maximum absolute atomic E-state index is 13.2. The number of hydrogen-bond acceptors (Lipinski definition) is 5. The molecular weight excluding hydrogens is 405 g/mol. The van der Waals surface area contributed by atoms with Crippen LogP contribution >= 0.6 is 11.3 Å². The monoisotopic (exact) mass is 424 g/mol. The highest BCUT2D eigenvalue weighted by Crippen LogP contribution is 2.34. The van der Waals surface area contributed by atoms with Crippen LogP contribution in [0.25, 0.3) is 15.4 Å². The van der Waals surface area contributed by atoms with Gasteiger partial charge in [-0.25, -0.2) is 4.98 Å². The molecule has 0 radical (unpaired) electrons. The minimum absolute atomic E-state index is 0.0315. The number of aromatic nitrogens is 2. The van der Waals surface area contributed by atoms with Gasteiger partial charge in [0.05, 0.1) is 13.2 Å². The first-order chi connectivity index (χ1) is 13.7. The minimum Gasteiger partial charge on any atom is -0.466 e. The van der Waals surface area contributed by atoms with E-state index < -0.39 is 17.8 Å². The lowest BCUT2D eigenvalue weighted by Gasteiger charge is -2.06. The molecule has 9 heteroatoms. The van der Waals surface area contributed by atoms with Crippen LogP contribution in [-0.2, 0) is 28.7 Å². The first-order valence-corrected chi connectivity index (χ1v) is 9.66. The maximum atomic E-state index is 13.2. The predicted octanol–water partition coefficient (Wildman–Crippen LogP) is 4.53. The Bertz CT molecular complexity index is 1020. The highest BCUT2D eigenvalue weighted by molar-refractivity contribution is 7.17.